The molecule has 3 N–H and O–H groups in total. The molecule has 1 atom stereocenters. The van der Waals surface area contributed by atoms with Crippen LogP contribution in [0.25, 0.3) is 22.3 Å². The van der Waals surface area contributed by atoms with Crippen molar-refractivity contribution in [1.82, 2.24) is 29.7 Å². The molecule has 0 radical (unpaired) electrons. The van der Waals surface area contributed by atoms with E-state index in [0.29, 0.717) is 12.8 Å². The Balaban J connectivity index is 1.01. The molecule has 1 saturated heterocycles. The van der Waals surface area contributed by atoms with Crippen molar-refractivity contribution in [3.63, 3.8) is 0 Å². The first-order valence-corrected chi connectivity index (χ1v) is 17.5. The van der Waals surface area contributed by atoms with Crippen LogP contribution in [0.1, 0.15) is 66.2 Å². The predicted molar refractivity (Wildman–Crippen MR) is 200 cm³/mol. The van der Waals surface area contributed by atoms with E-state index in [-0.39, 0.29) is 41.6 Å². The zero-order chi connectivity index (χ0) is 36.5. The second-order valence-electron chi connectivity index (χ2n) is 13.6. The molecule has 1 fully saturated rings. The van der Waals surface area contributed by atoms with Crippen LogP contribution in [-0.4, -0.2) is 56.0 Å². The first-order chi connectivity index (χ1) is 25.1. The lowest BCUT2D eigenvalue weighted by atomic mass is 9.97. The smallest absolute Gasteiger partial charge is 0.328 e. The summed E-state index contributed by atoms with van der Waals surface area (Å²) in [6.45, 7) is 5.28. The van der Waals surface area contributed by atoms with Gasteiger partial charge in [0.1, 0.15) is 11.7 Å². The van der Waals surface area contributed by atoms with Gasteiger partial charge in [0.15, 0.2) is 0 Å². The van der Waals surface area contributed by atoms with Crippen LogP contribution in [0.3, 0.4) is 0 Å². The Hall–Kier alpha value is -6.22. The number of amides is 3. The van der Waals surface area contributed by atoms with Crippen molar-refractivity contribution in [1.29, 1.82) is 0 Å². The number of aryl methyl sites for hydroxylation is 3. The number of anilines is 3. The number of pyridine rings is 2. The predicted octanol–water partition coefficient (Wildman–Crippen LogP) is 4.54. The number of imidazole rings is 1. The fourth-order valence-corrected chi connectivity index (χ4v) is 6.93. The number of rotatable bonds is 7. The number of imide groups is 1. The molecular weight excluding hydrogens is 656 g/mol. The Morgan fingerprint density at radius 1 is 1.00 bits per heavy atom. The van der Waals surface area contributed by atoms with E-state index in [1.165, 1.54) is 5.56 Å². The number of aromatic nitrogens is 4. The maximum atomic E-state index is 12.8. The number of piperidine rings is 1. The highest BCUT2D eigenvalue weighted by molar-refractivity contribution is 6.01. The van der Waals surface area contributed by atoms with Crippen molar-refractivity contribution < 1.29 is 14.4 Å². The molecule has 2 aromatic carbocycles. The van der Waals surface area contributed by atoms with E-state index in [0.717, 1.165) is 69.9 Å². The molecular formula is C40H40N8O4. The Bertz CT molecular complexity index is 2350. The van der Waals surface area contributed by atoms with E-state index in [1.807, 2.05) is 50.6 Å². The Kier molecular flexibility index (Phi) is 9.34. The molecule has 12 nitrogen and oxygen atoms in total. The van der Waals surface area contributed by atoms with E-state index in [1.54, 1.807) is 21.4 Å². The van der Waals surface area contributed by atoms with Crippen molar-refractivity contribution in [3.8, 4) is 23.1 Å². The molecule has 7 rings (SSSR count). The molecule has 3 amide bonds. The average Bonchev–Trinajstić information content (AvgIpc) is 3.37. The van der Waals surface area contributed by atoms with Crippen molar-refractivity contribution in [3.05, 3.63) is 99.9 Å². The maximum Gasteiger partial charge on any atom is 0.328 e. The Labute approximate surface area is 301 Å². The summed E-state index contributed by atoms with van der Waals surface area (Å²) in [4.78, 5) is 60.6. The fourth-order valence-electron chi connectivity index (χ4n) is 6.93. The van der Waals surface area contributed by atoms with Gasteiger partial charge in [-0.05, 0) is 84.8 Å². The van der Waals surface area contributed by atoms with Gasteiger partial charge in [-0.15, -0.1) is 0 Å². The molecule has 52 heavy (non-hydrogen) atoms. The molecule has 5 heterocycles. The minimum absolute atomic E-state index is 0.0359. The van der Waals surface area contributed by atoms with Gasteiger partial charge in [0.2, 0.25) is 11.8 Å². The Morgan fingerprint density at radius 3 is 2.62 bits per heavy atom. The lowest BCUT2D eigenvalue weighted by molar-refractivity contribution is -0.133. The molecule has 2 aliphatic heterocycles. The third-order valence-electron chi connectivity index (χ3n) is 9.70. The molecule has 0 aliphatic carbocycles. The largest absolute Gasteiger partial charge is 0.374 e. The summed E-state index contributed by atoms with van der Waals surface area (Å²) in [5.74, 6) is 5.30. The van der Waals surface area contributed by atoms with Crippen LogP contribution in [0, 0.1) is 11.8 Å². The molecule has 0 spiro atoms. The van der Waals surface area contributed by atoms with E-state index < -0.39 is 6.04 Å². The molecule has 12 heteroatoms. The quantitative estimate of drug-likeness (QED) is 0.166. The number of carbonyl (C=O) groups is 3. The van der Waals surface area contributed by atoms with Crippen LogP contribution in [0.4, 0.5) is 17.1 Å². The number of hydrogen-bond acceptors (Lipinski definition) is 8. The molecule has 0 bridgehead atoms. The molecule has 5 aromatic rings. The van der Waals surface area contributed by atoms with Gasteiger partial charge in [-0.1, -0.05) is 31.8 Å². The number of benzene rings is 2. The van der Waals surface area contributed by atoms with Gasteiger partial charge >= 0.3 is 5.69 Å². The summed E-state index contributed by atoms with van der Waals surface area (Å²) >= 11 is 0. The lowest BCUT2D eigenvalue weighted by Crippen LogP contribution is -2.47. The van der Waals surface area contributed by atoms with Crippen molar-refractivity contribution in [2.45, 2.75) is 51.5 Å². The minimum Gasteiger partial charge on any atom is -0.374 e. The second-order valence-corrected chi connectivity index (χ2v) is 13.6. The molecule has 3 aromatic heterocycles. The highest BCUT2D eigenvalue weighted by Gasteiger charge is 2.26. The SMILES string of the molecule is CC(C)c1cc(N2CCCc3cc(-c4ccc(C(=O)NCC#Cc5cccc(NC6CCC(=O)NC6=O)c5)nc4)ncc32)cc2c1n(C)c(=O)n2C. The zero-order valence-electron chi connectivity index (χ0n) is 29.6. The first-order valence-electron chi connectivity index (χ1n) is 17.5. The molecule has 264 valence electrons. The number of nitrogens with one attached hydrogen (secondary N) is 3. The summed E-state index contributed by atoms with van der Waals surface area (Å²) in [7, 11) is 3.65. The summed E-state index contributed by atoms with van der Waals surface area (Å²) < 4.78 is 3.45. The van der Waals surface area contributed by atoms with Crippen LogP contribution in [-0.2, 0) is 30.1 Å². The maximum absolute atomic E-state index is 12.8. The fraction of sp³-hybridized carbons (Fsp3) is 0.300. The standard InChI is InChI=1S/C40H40N8O4/c1-24(2)30-20-29(21-34-37(30)47(4)40(52)46(34)3)48-17-7-10-26-19-33(43-23-35(26)48)27-12-13-31(42-22-27)38(50)41-16-6-9-25-8-5-11-28(18-25)44-32-14-15-36(49)45-39(32)51/h5,8,11-13,18-24,32,44H,7,10,14-17H2,1-4H3,(H,41,50)(H,45,49,51). The zero-order valence-corrected chi connectivity index (χ0v) is 29.6. The summed E-state index contributed by atoms with van der Waals surface area (Å²) in [5, 5.41) is 8.29. The third kappa shape index (κ3) is 6.77. The van der Waals surface area contributed by atoms with Gasteiger partial charge in [0.25, 0.3) is 5.91 Å². The topological polar surface area (TPSA) is 143 Å². The first kappa shape index (κ1) is 34.2. The molecule has 1 unspecified atom stereocenters. The Morgan fingerprint density at radius 2 is 1.85 bits per heavy atom. The van der Waals surface area contributed by atoms with Crippen LogP contribution < -0.4 is 26.5 Å². The highest BCUT2D eigenvalue weighted by Crippen LogP contribution is 2.38. The highest BCUT2D eigenvalue weighted by atomic mass is 16.2. The van der Waals surface area contributed by atoms with Crippen molar-refractivity contribution >= 4 is 45.8 Å². The molecule has 0 saturated carbocycles. The van der Waals surface area contributed by atoms with E-state index in [4.69, 9.17) is 4.98 Å². The van der Waals surface area contributed by atoms with Gasteiger partial charge < -0.3 is 15.5 Å². The number of hydrogen-bond donors (Lipinski definition) is 3. The monoisotopic (exact) mass is 696 g/mol. The second kappa shape index (κ2) is 14.2. The normalized spacial score (nSPS) is 15.6. The van der Waals surface area contributed by atoms with E-state index in [2.05, 4.69) is 69.7 Å². The number of nitrogens with zero attached hydrogens (tertiary/aromatic N) is 5. The minimum atomic E-state index is -0.480. The van der Waals surface area contributed by atoms with Gasteiger partial charge in [0, 0.05) is 55.8 Å². The van der Waals surface area contributed by atoms with Gasteiger partial charge in [-0.25, -0.2) is 4.79 Å². The number of fused-ring (bicyclic) bond motifs is 2. The van der Waals surface area contributed by atoms with Gasteiger partial charge in [0.05, 0.1) is 35.2 Å². The third-order valence-corrected chi connectivity index (χ3v) is 9.70. The summed E-state index contributed by atoms with van der Waals surface area (Å²) in [6.07, 6.45) is 6.19. The van der Waals surface area contributed by atoms with E-state index >= 15 is 0 Å². The van der Waals surface area contributed by atoms with E-state index in [9.17, 15) is 19.2 Å². The van der Waals surface area contributed by atoms with Crippen LogP contribution in [0.15, 0.2) is 71.8 Å². The number of carbonyl (C=O) groups excluding carboxylic acids is 3. The van der Waals surface area contributed by atoms with Crippen LogP contribution in [0.5, 0.6) is 0 Å². The van der Waals surface area contributed by atoms with Crippen molar-refractivity contribution in [2.75, 3.05) is 23.3 Å². The van der Waals surface area contributed by atoms with Gasteiger partial charge in [-0.2, -0.15) is 0 Å². The van der Waals surface area contributed by atoms with Crippen LogP contribution >= 0.6 is 0 Å². The van der Waals surface area contributed by atoms with Gasteiger partial charge in [-0.3, -0.25) is 38.8 Å². The van der Waals surface area contributed by atoms with Crippen molar-refractivity contribution in [2.24, 2.45) is 14.1 Å². The summed E-state index contributed by atoms with van der Waals surface area (Å²) in [6, 6.07) is 16.8. The average molecular weight is 697 g/mol. The summed E-state index contributed by atoms with van der Waals surface area (Å²) in [5.41, 5.74) is 9.57. The molecule has 2 aliphatic rings. The van der Waals surface area contributed by atoms with Crippen LogP contribution in [0.2, 0.25) is 0 Å². The lowest BCUT2D eigenvalue weighted by Gasteiger charge is -2.32.